The van der Waals surface area contributed by atoms with Crippen molar-refractivity contribution in [3.63, 3.8) is 0 Å². The van der Waals surface area contributed by atoms with Gasteiger partial charge in [0.05, 0.1) is 11.1 Å². The standard InChI is InChI=1S/C24H20N4O3S/c1-27(2)24(31)32-18-14-12-16(13-15-18)25-22(29)21-19-10-6-7-11-20(19)23(30)28(26-21)17-8-4-3-5-9-17/h3-15H,1-2H3,(H,25,29). The summed E-state index contributed by atoms with van der Waals surface area (Å²) in [6, 6.07) is 22.9. The molecule has 1 heterocycles. The smallest absolute Gasteiger partial charge is 0.285 e. The van der Waals surface area contributed by atoms with E-state index in [0.29, 0.717) is 22.1 Å². The minimum absolute atomic E-state index is 0.0828. The van der Waals surface area contributed by atoms with Gasteiger partial charge in [-0.1, -0.05) is 36.4 Å². The molecule has 7 nitrogen and oxygen atoms in total. The summed E-state index contributed by atoms with van der Waals surface area (Å²) in [5.74, 6) is -0.435. The second-order valence-electron chi connectivity index (χ2n) is 7.19. The first-order chi connectivity index (χ1) is 15.4. The highest BCUT2D eigenvalue weighted by atomic mass is 32.2. The van der Waals surface area contributed by atoms with Gasteiger partial charge in [0.2, 0.25) is 0 Å². The van der Waals surface area contributed by atoms with Gasteiger partial charge in [0.1, 0.15) is 0 Å². The van der Waals surface area contributed by atoms with Crippen LogP contribution in [-0.2, 0) is 0 Å². The van der Waals surface area contributed by atoms with E-state index in [0.717, 1.165) is 16.7 Å². The van der Waals surface area contributed by atoms with Crippen molar-refractivity contribution in [2.24, 2.45) is 0 Å². The maximum absolute atomic E-state index is 13.1. The lowest BCUT2D eigenvalue weighted by atomic mass is 10.1. The second-order valence-corrected chi connectivity index (χ2v) is 8.21. The average Bonchev–Trinajstić information content (AvgIpc) is 2.81. The highest BCUT2D eigenvalue weighted by molar-refractivity contribution is 8.13. The Balaban J connectivity index is 1.67. The van der Waals surface area contributed by atoms with Crippen LogP contribution in [0.1, 0.15) is 10.5 Å². The molecule has 4 rings (SSSR count). The highest BCUT2D eigenvalue weighted by Crippen LogP contribution is 2.23. The summed E-state index contributed by atoms with van der Waals surface area (Å²) in [5, 5.41) is 8.01. The third-order valence-electron chi connectivity index (χ3n) is 4.70. The molecule has 1 aromatic heterocycles. The minimum Gasteiger partial charge on any atom is -0.339 e. The van der Waals surface area contributed by atoms with Gasteiger partial charge < -0.3 is 10.2 Å². The Kier molecular flexibility index (Phi) is 6.04. The van der Waals surface area contributed by atoms with E-state index in [1.165, 1.54) is 9.58 Å². The Bertz CT molecular complexity index is 1350. The van der Waals surface area contributed by atoms with E-state index in [1.807, 2.05) is 6.07 Å². The molecule has 0 fully saturated rings. The van der Waals surface area contributed by atoms with Crippen LogP contribution in [0.5, 0.6) is 0 Å². The van der Waals surface area contributed by atoms with E-state index in [-0.39, 0.29) is 16.5 Å². The fourth-order valence-electron chi connectivity index (χ4n) is 3.09. The lowest BCUT2D eigenvalue weighted by Gasteiger charge is -2.12. The summed E-state index contributed by atoms with van der Waals surface area (Å²) in [7, 11) is 3.38. The van der Waals surface area contributed by atoms with E-state index in [4.69, 9.17) is 0 Å². The molecule has 0 aliphatic rings. The predicted octanol–water partition coefficient (Wildman–Crippen LogP) is 4.41. The number of hydrogen-bond acceptors (Lipinski definition) is 5. The number of hydrogen-bond donors (Lipinski definition) is 1. The van der Waals surface area contributed by atoms with Crippen LogP contribution in [0.25, 0.3) is 16.5 Å². The van der Waals surface area contributed by atoms with Crippen LogP contribution >= 0.6 is 11.8 Å². The van der Waals surface area contributed by atoms with E-state index >= 15 is 0 Å². The Morgan fingerprint density at radius 2 is 1.50 bits per heavy atom. The summed E-state index contributed by atoms with van der Waals surface area (Å²) in [5.41, 5.74) is 0.977. The topological polar surface area (TPSA) is 84.3 Å². The molecule has 0 bridgehead atoms. The number of fused-ring (bicyclic) bond motifs is 1. The Hall–Kier alpha value is -3.91. The molecule has 32 heavy (non-hydrogen) atoms. The third kappa shape index (κ3) is 4.40. The van der Waals surface area contributed by atoms with Crippen molar-refractivity contribution in [2.75, 3.05) is 19.4 Å². The SMILES string of the molecule is CN(C)C(=O)Sc1ccc(NC(=O)c2nn(-c3ccccc3)c(=O)c3ccccc23)cc1. The molecular weight excluding hydrogens is 424 g/mol. The van der Waals surface area contributed by atoms with E-state index in [9.17, 15) is 14.4 Å². The minimum atomic E-state index is -0.435. The molecule has 8 heteroatoms. The molecule has 0 aliphatic carbocycles. The van der Waals surface area contributed by atoms with Gasteiger partial charge in [-0.15, -0.1) is 0 Å². The van der Waals surface area contributed by atoms with Crippen LogP contribution in [0, 0.1) is 0 Å². The van der Waals surface area contributed by atoms with Gasteiger partial charge >= 0.3 is 0 Å². The van der Waals surface area contributed by atoms with Crippen LogP contribution in [0.15, 0.2) is 88.6 Å². The molecule has 0 aliphatic heterocycles. The first-order valence-electron chi connectivity index (χ1n) is 9.82. The number of rotatable bonds is 4. The maximum Gasteiger partial charge on any atom is 0.285 e. The summed E-state index contributed by atoms with van der Waals surface area (Å²) in [6.07, 6.45) is 0. The first kappa shape index (κ1) is 21.3. The zero-order chi connectivity index (χ0) is 22.7. The van der Waals surface area contributed by atoms with Crippen LogP contribution in [0.4, 0.5) is 10.5 Å². The zero-order valence-electron chi connectivity index (χ0n) is 17.5. The molecule has 1 N–H and O–H groups in total. The Morgan fingerprint density at radius 3 is 2.16 bits per heavy atom. The van der Waals surface area contributed by atoms with Crippen LogP contribution in [0.2, 0.25) is 0 Å². The number of benzene rings is 3. The lowest BCUT2D eigenvalue weighted by molar-refractivity contribution is 0.102. The van der Waals surface area contributed by atoms with Crippen molar-refractivity contribution >= 4 is 39.4 Å². The van der Waals surface area contributed by atoms with Gasteiger partial charge in [0, 0.05) is 30.1 Å². The molecule has 0 atom stereocenters. The maximum atomic E-state index is 13.1. The van der Waals surface area contributed by atoms with Crippen LogP contribution in [0.3, 0.4) is 0 Å². The van der Waals surface area contributed by atoms with Gasteiger partial charge in [-0.2, -0.15) is 9.78 Å². The van der Waals surface area contributed by atoms with Crippen molar-refractivity contribution in [1.29, 1.82) is 0 Å². The van der Waals surface area contributed by atoms with Crippen molar-refractivity contribution in [3.05, 3.63) is 94.9 Å². The summed E-state index contributed by atoms with van der Waals surface area (Å²) >= 11 is 1.10. The van der Waals surface area contributed by atoms with Crippen molar-refractivity contribution < 1.29 is 9.59 Å². The van der Waals surface area contributed by atoms with E-state index in [2.05, 4.69) is 10.4 Å². The van der Waals surface area contributed by atoms with Crippen LogP contribution in [-0.4, -0.2) is 39.9 Å². The summed E-state index contributed by atoms with van der Waals surface area (Å²) < 4.78 is 1.24. The number of thioether (sulfide) groups is 1. The molecule has 2 amide bonds. The fourth-order valence-corrected chi connectivity index (χ4v) is 3.75. The van der Waals surface area contributed by atoms with Crippen molar-refractivity contribution in [2.45, 2.75) is 4.90 Å². The highest BCUT2D eigenvalue weighted by Gasteiger charge is 2.18. The number of carbonyl (C=O) groups excluding carboxylic acids is 2. The number of nitrogens with one attached hydrogen (secondary N) is 1. The number of para-hydroxylation sites is 1. The number of nitrogens with zero attached hydrogens (tertiary/aromatic N) is 3. The average molecular weight is 445 g/mol. The summed E-state index contributed by atoms with van der Waals surface area (Å²) in [4.78, 5) is 40.2. The van der Waals surface area contributed by atoms with E-state index in [1.54, 1.807) is 86.9 Å². The largest absolute Gasteiger partial charge is 0.339 e. The first-order valence-corrected chi connectivity index (χ1v) is 10.6. The Labute approximate surface area is 188 Å². The molecule has 0 radical (unpaired) electrons. The molecule has 160 valence electrons. The van der Waals surface area contributed by atoms with Gasteiger partial charge in [-0.25, -0.2) is 0 Å². The van der Waals surface area contributed by atoms with Crippen molar-refractivity contribution in [3.8, 4) is 5.69 Å². The van der Waals surface area contributed by atoms with Gasteiger partial charge in [-0.05, 0) is 54.2 Å². The van der Waals surface area contributed by atoms with Crippen molar-refractivity contribution in [1.82, 2.24) is 14.7 Å². The number of anilines is 1. The third-order valence-corrected chi connectivity index (χ3v) is 5.75. The monoisotopic (exact) mass is 444 g/mol. The second kappa shape index (κ2) is 9.07. The van der Waals surface area contributed by atoms with Gasteiger partial charge in [0.25, 0.3) is 16.7 Å². The zero-order valence-corrected chi connectivity index (χ0v) is 18.3. The lowest BCUT2D eigenvalue weighted by Crippen LogP contribution is -2.26. The predicted molar refractivity (Wildman–Crippen MR) is 127 cm³/mol. The fraction of sp³-hybridized carbons (Fsp3) is 0.0833. The van der Waals surface area contributed by atoms with Crippen LogP contribution < -0.4 is 10.9 Å². The molecule has 0 unspecified atom stereocenters. The normalized spacial score (nSPS) is 10.7. The molecule has 0 saturated carbocycles. The molecule has 4 aromatic rings. The Morgan fingerprint density at radius 1 is 0.875 bits per heavy atom. The number of aromatic nitrogens is 2. The molecule has 0 saturated heterocycles. The number of amides is 2. The van der Waals surface area contributed by atoms with Gasteiger partial charge in [0.15, 0.2) is 5.69 Å². The summed E-state index contributed by atoms with van der Waals surface area (Å²) in [6.45, 7) is 0. The molecule has 0 spiro atoms. The quantitative estimate of drug-likeness (QED) is 0.471. The molecule has 3 aromatic carbocycles. The number of carbonyl (C=O) groups is 2. The van der Waals surface area contributed by atoms with Gasteiger partial charge in [-0.3, -0.25) is 14.4 Å². The van der Waals surface area contributed by atoms with E-state index < -0.39 is 5.91 Å². The molecular formula is C24H20N4O3S.